The number of rotatable bonds is 3. The van der Waals surface area contributed by atoms with Gasteiger partial charge in [-0.15, -0.1) is 0 Å². The third-order valence-corrected chi connectivity index (χ3v) is 3.51. The molecule has 1 atom stereocenters. The zero-order chi connectivity index (χ0) is 13.8. The van der Waals surface area contributed by atoms with Gasteiger partial charge in [-0.05, 0) is 43.3 Å². The van der Waals surface area contributed by atoms with Crippen molar-refractivity contribution in [1.82, 2.24) is 15.2 Å². The van der Waals surface area contributed by atoms with Crippen molar-refractivity contribution in [2.45, 2.75) is 25.3 Å². The van der Waals surface area contributed by atoms with E-state index >= 15 is 0 Å². The lowest BCUT2D eigenvalue weighted by Gasteiger charge is -2.25. The molecule has 1 amide bonds. The topological polar surface area (TPSA) is 91.3 Å². The highest BCUT2D eigenvalue weighted by atomic mass is 16.6. The van der Waals surface area contributed by atoms with Gasteiger partial charge in [0, 0.05) is 19.2 Å². The van der Waals surface area contributed by atoms with Crippen LogP contribution in [0.1, 0.15) is 29.8 Å². The summed E-state index contributed by atoms with van der Waals surface area (Å²) in [5.74, 6) is -0.348. The molecule has 7 heteroatoms. The smallest absolute Gasteiger partial charge is 0.321 e. The highest BCUT2D eigenvalue weighted by molar-refractivity contribution is 5.92. The zero-order valence-electron chi connectivity index (χ0n) is 10.9. The van der Waals surface area contributed by atoms with Crippen molar-refractivity contribution in [3.63, 3.8) is 0 Å². The first-order valence-corrected chi connectivity index (χ1v) is 6.41. The quantitative estimate of drug-likeness (QED) is 0.634. The van der Waals surface area contributed by atoms with E-state index < -0.39 is 4.92 Å². The Hall–Kier alpha value is -1.89. The van der Waals surface area contributed by atoms with Crippen molar-refractivity contribution in [3.8, 4) is 0 Å². The number of hydrogen-bond donors (Lipinski definition) is 2. The van der Waals surface area contributed by atoms with Crippen LogP contribution in [0.15, 0.2) is 12.1 Å². The first kappa shape index (κ1) is 13.5. The summed E-state index contributed by atoms with van der Waals surface area (Å²) in [5, 5.41) is 13.9. The number of nitrogens with zero attached hydrogens (tertiary/aromatic N) is 2. The second-order valence-corrected chi connectivity index (χ2v) is 4.77. The molecule has 2 heterocycles. The summed E-state index contributed by atoms with van der Waals surface area (Å²) in [6.07, 6.45) is 2.90. The highest BCUT2D eigenvalue weighted by Gasteiger charge is 2.25. The second-order valence-electron chi connectivity index (χ2n) is 4.77. The zero-order valence-corrected chi connectivity index (χ0v) is 10.9. The van der Waals surface area contributed by atoms with Crippen molar-refractivity contribution in [2.24, 2.45) is 0 Å². The molecule has 104 valence electrons. The minimum absolute atomic E-state index is 0.153. The van der Waals surface area contributed by atoms with Crippen molar-refractivity contribution in [1.29, 1.82) is 0 Å². The Morgan fingerprint density at radius 1 is 1.42 bits per heavy atom. The standard InChI is InChI=1S/C12H18N4O3/c1-15(9-3-2-7-13-8-6-9)12(17)10-4-5-11(14-10)16(18)19/h4-5,9,13-14H,2-3,6-8H2,1H3. The Morgan fingerprint density at radius 2 is 2.21 bits per heavy atom. The van der Waals surface area contributed by atoms with Crippen LogP contribution in [0.25, 0.3) is 0 Å². The number of carbonyl (C=O) groups is 1. The Morgan fingerprint density at radius 3 is 2.89 bits per heavy atom. The normalized spacial score (nSPS) is 19.7. The van der Waals surface area contributed by atoms with E-state index in [-0.39, 0.29) is 23.5 Å². The molecule has 1 saturated heterocycles. The first-order chi connectivity index (χ1) is 9.09. The van der Waals surface area contributed by atoms with E-state index in [1.165, 1.54) is 12.1 Å². The molecule has 0 saturated carbocycles. The maximum Gasteiger partial charge on any atom is 0.321 e. The molecule has 1 unspecified atom stereocenters. The Labute approximate surface area is 111 Å². The molecule has 7 nitrogen and oxygen atoms in total. The third-order valence-electron chi connectivity index (χ3n) is 3.51. The summed E-state index contributed by atoms with van der Waals surface area (Å²) in [5.41, 5.74) is 0.270. The molecule has 2 N–H and O–H groups in total. The van der Waals surface area contributed by atoms with Crippen LogP contribution in [0.2, 0.25) is 0 Å². The first-order valence-electron chi connectivity index (χ1n) is 6.41. The largest absolute Gasteiger partial charge is 0.358 e. The van der Waals surface area contributed by atoms with Crippen LogP contribution in [0.3, 0.4) is 0 Å². The second kappa shape index (κ2) is 5.83. The predicted octanol–water partition coefficient (Wildman–Crippen LogP) is 1.14. The average Bonchev–Trinajstić information content (AvgIpc) is 2.73. The van der Waals surface area contributed by atoms with Gasteiger partial charge in [0.1, 0.15) is 0 Å². The van der Waals surface area contributed by atoms with E-state index in [2.05, 4.69) is 10.3 Å². The van der Waals surface area contributed by atoms with Crippen LogP contribution in [-0.2, 0) is 0 Å². The van der Waals surface area contributed by atoms with Gasteiger partial charge in [0.15, 0.2) is 5.69 Å². The van der Waals surface area contributed by atoms with Crippen LogP contribution >= 0.6 is 0 Å². The Balaban J connectivity index is 2.06. The van der Waals surface area contributed by atoms with Crippen LogP contribution in [-0.4, -0.2) is 46.9 Å². The fourth-order valence-electron chi connectivity index (χ4n) is 2.36. The average molecular weight is 266 g/mol. The number of carbonyl (C=O) groups excluding carboxylic acids is 1. The van der Waals surface area contributed by atoms with E-state index in [1.807, 2.05) is 0 Å². The third kappa shape index (κ3) is 3.11. The van der Waals surface area contributed by atoms with Crippen LogP contribution in [0.4, 0.5) is 5.82 Å². The molecule has 2 rings (SSSR count). The lowest BCUT2D eigenvalue weighted by molar-refractivity contribution is -0.389. The lowest BCUT2D eigenvalue weighted by atomic mass is 10.1. The maximum atomic E-state index is 12.2. The molecule has 0 aromatic carbocycles. The molecular formula is C12H18N4O3. The van der Waals surface area contributed by atoms with Crippen molar-refractivity contribution in [3.05, 3.63) is 27.9 Å². The maximum absolute atomic E-state index is 12.2. The number of nitro groups is 1. The minimum atomic E-state index is -0.535. The summed E-state index contributed by atoms with van der Waals surface area (Å²) in [4.78, 5) is 26.5. The fraction of sp³-hybridized carbons (Fsp3) is 0.583. The van der Waals surface area contributed by atoms with Crippen molar-refractivity contribution in [2.75, 3.05) is 20.1 Å². The van der Waals surface area contributed by atoms with Crippen molar-refractivity contribution >= 4 is 11.7 Å². The Bertz CT molecular complexity index is 463. The minimum Gasteiger partial charge on any atom is -0.358 e. The van der Waals surface area contributed by atoms with Gasteiger partial charge in [-0.25, -0.2) is 4.98 Å². The van der Waals surface area contributed by atoms with Gasteiger partial charge in [0.05, 0.1) is 0 Å². The number of hydrogen-bond acceptors (Lipinski definition) is 4. The van der Waals surface area contributed by atoms with E-state index in [0.717, 1.165) is 32.4 Å². The lowest BCUT2D eigenvalue weighted by Crippen LogP contribution is -2.37. The Kier molecular flexibility index (Phi) is 4.16. The molecule has 1 aliphatic rings. The number of nitrogens with one attached hydrogen (secondary N) is 2. The predicted molar refractivity (Wildman–Crippen MR) is 70.0 cm³/mol. The van der Waals surface area contributed by atoms with E-state index in [9.17, 15) is 14.9 Å². The monoisotopic (exact) mass is 266 g/mol. The molecule has 1 aromatic rings. The van der Waals surface area contributed by atoms with Gasteiger partial charge >= 0.3 is 5.82 Å². The van der Waals surface area contributed by atoms with Gasteiger partial charge in [-0.1, -0.05) is 0 Å². The van der Waals surface area contributed by atoms with Gasteiger partial charge in [0.25, 0.3) is 5.91 Å². The molecule has 0 aliphatic carbocycles. The van der Waals surface area contributed by atoms with E-state index in [1.54, 1.807) is 11.9 Å². The highest BCUT2D eigenvalue weighted by Crippen LogP contribution is 2.16. The van der Waals surface area contributed by atoms with Gasteiger partial charge in [-0.2, -0.15) is 0 Å². The van der Waals surface area contributed by atoms with E-state index in [0.29, 0.717) is 0 Å². The summed E-state index contributed by atoms with van der Waals surface area (Å²) >= 11 is 0. The van der Waals surface area contributed by atoms with Crippen molar-refractivity contribution < 1.29 is 9.72 Å². The summed E-state index contributed by atoms with van der Waals surface area (Å²) in [6, 6.07) is 2.96. The van der Waals surface area contributed by atoms with E-state index in [4.69, 9.17) is 0 Å². The van der Waals surface area contributed by atoms with Crippen LogP contribution in [0, 0.1) is 10.1 Å². The molecule has 1 aliphatic heterocycles. The molecular weight excluding hydrogens is 248 g/mol. The molecule has 1 aromatic heterocycles. The number of H-pyrrole nitrogens is 1. The summed E-state index contributed by atoms with van der Waals surface area (Å²) < 4.78 is 0. The molecule has 1 fully saturated rings. The molecule has 0 radical (unpaired) electrons. The SMILES string of the molecule is CN(C(=O)c1ccc([N+](=O)[O-])[nH]1)C1CCCNCC1. The van der Waals surface area contributed by atoms with Gasteiger partial charge in [-0.3, -0.25) is 4.79 Å². The molecule has 0 bridgehead atoms. The molecule has 0 spiro atoms. The van der Waals surface area contributed by atoms with Gasteiger partial charge in [0.2, 0.25) is 0 Å². The molecule has 19 heavy (non-hydrogen) atoms. The summed E-state index contributed by atoms with van der Waals surface area (Å²) in [7, 11) is 1.75. The van der Waals surface area contributed by atoms with Gasteiger partial charge < -0.3 is 20.3 Å². The number of aromatic amines is 1. The fourth-order valence-corrected chi connectivity index (χ4v) is 2.36. The summed E-state index contributed by atoms with van der Waals surface area (Å²) in [6.45, 7) is 1.87. The van der Waals surface area contributed by atoms with Crippen LogP contribution in [0.5, 0.6) is 0 Å². The number of amides is 1. The number of aromatic nitrogens is 1. The van der Waals surface area contributed by atoms with Crippen LogP contribution < -0.4 is 5.32 Å².